The minimum Gasteiger partial charge on any atom is -0.397 e. The first-order chi connectivity index (χ1) is 12.7. The zero-order valence-electron chi connectivity index (χ0n) is 13.8. The Bertz CT molecular complexity index is 1060. The highest BCUT2D eigenvalue weighted by Crippen LogP contribution is 2.34. The first-order valence-corrected chi connectivity index (χ1v) is 8.95. The van der Waals surface area contributed by atoms with E-state index in [0.717, 1.165) is 27.0 Å². The van der Waals surface area contributed by atoms with Crippen molar-refractivity contribution in [2.75, 3.05) is 5.73 Å². The van der Waals surface area contributed by atoms with Crippen molar-refractivity contribution in [2.24, 2.45) is 0 Å². The topological polar surface area (TPSA) is 80.9 Å². The average Bonchev–Trinajstić information content (AvgIpc) is 3.04. The first-order valence-electron chi connectivity index (χ1n) is 8.14. The van der Waals surface area contributed by atoms with E-state index in [2.05, 4.69) is 15.3 Å². The summed E-state index contributed by atoms with van der Waals surface area (Å²) >= 11 is 1.31. The Balaban J connectivity index is 1.61. The third-order valence-corrected chi connectivity index (χ3v) is 5.19. The summed E-state index contributed by atoms with van der Waals surface area (Å²) in [6.45, 7) is 0.461. The number of carbonyl (C=O) groups excluding carboxylic acids is 1. The van der Waals surface area contributed by atoms with Crippen LogP contribution in [0.25, 0.3) is 21.5 Å². The van der Waals surface area contributed by atoms with E-state index >= 15 is 0 Å². The number of nitrogens with zero attached hydrogens (tertiary/aromatic N) is 2. The van der Waals surface area contributed by atoms with E-state index in [1.807, 2.05) is 54.6 Å². The van der Waals surface area contributed by atoms with Gasteiger partial charge in [0.2, 0.25) is 0 Å². The van der Waals surface area contributed by atoms with E-state index in [1.165, 1.54) is 11.3 Å². The molecule has 3 heterocycles. The van der Waals surface area contributed by atoms with Crippen molar-refractivity contribution >= 4 is 33.1 Å². The highest BCUT2D eigenvalue weighted by atomic mass is 32.1. The predicted octanol–water partition coefficient (Wildman–Crippen LogP) is 3.87. The molecular formula is C20H16N4OS. The lowest BCUT2D eigenvalue weighted by Crippen LogP contribution is -2.22. The van der Waals surface area contributed by atoms with Crippen LogP contribution < -0.4 is 11.1 Å². The summed E-state index contributed by atoms with van der Waals surface area (Å²) in [6, 6.07) is 17.4. The fraction of sp³-hybridized carbons (Fsp3) is 0.0500. The number of nitrogens with one attached hydrogen (secondary N) is 1. The van der Waals surface area contributed by atoms with Crippen molar-refractivity contribution < 1.29 is 4.79 Å². The molecule has 0 aliphatic carbocycles. The van der Waals surface area contributed by atoms with Crippen molar-refractivity contribution in [3.8, 4) is 11.3 Å². The molecule has 5 nitrogen and oxygen atoms in total. The largest absolute Gasteiger partial charge is 0.397 e. The number of aromatic nitrogens is 2. The zero-order chi connectivity index (χ0) is 17.9. The number of benzene rings is 1. The number of rotatable bonds is 4. The minimum absolute atomic E-state index is 0.181. The molecular weight excluding hydrogens is 344 g/mol. The standard InChI is InChI=1S/C20H16N4OS/c21-17-15-6-7-16(14-8-10-22-11-9-14)24-20(15)26-18(17)19(25)23-12-13-4-2-1-3-5-13/h1-11H,12,21H2,(H,23,25). The molecule has 0 saturated heterocycles. The SMILES string of the molecule is Nc1c(C(=O)NCc2ccccc2)sc2nc(-c3ccncc3)ccc12. The van der Waals surface area contributed by atoms with Crippen molar-refractivity contribution in [3.63, 3.8) is 0 Å². The summed E-state index contributed by atoms with van der Waals surface area (Å²) in [5, 5.41) is 3.72. The quantitative estimate of drug-likeness (QED) is 0.579. The van der Waals surface area contributed by atoms with Gasteiger partial charge in [-0.25, -0.2) is 4.98 Å². The summed E-state index contributed by atoms with van der Waals surface area (Å²) in [5.41, 5.74) is 9.52. The molecule has 1 aromatic carbocycles. The Morgan fingerprint density at radius 2 is 1.81 bits per heavy atom. The van der Waals surface area contributed by atoms with Crippen LogP contribution in [0.3, 0.4) is 0 Å². The second kappa shape index (κ2) is 6.93. The molecule has 0 atom stereocenters. The monoisotopic (exact) mass is 360 g/mol. The number of hydrogen-bond donors (Lipinski definition) is 2. The highest BCUT2D eigenvalue weighted by molar-refractivity contribution is 7.21. The van der Waals surface area contributed by atoms with Crippen LogP contribution in [-0.4, -0.2) is 15.9 Å². The second-order valence-corrected chi connectivity index (χ2v) is 6.80. The number of nitrogen functional groups attached to an aromatic ring is 1. The summed E-state index contributed by atoms with van der Waals surface area (Å²) < 4.78 is 0. The van der Waals surface area contributed by atoms with Crippen LogP contribution >= 0.6 is 11.3 Å². The number of hydrogen-bond acceptors (Lipinski definition) is 5. The van der Waals surface area contributed by atoms with Crippen LogP contribution in [0.2, 0.25) is 0 Å². The van der Waals surface area contributed by atoms with Gasteiger partial charge in [-0.1, -0.05) is 30.3 Å². The van der Waals surface area contributed by atoms with Gasteiger partial charge in [0, 0.05) is 29.9 Å². The van der Waals surface area contributed by atoms with Crippen LogP contribution in [0.15, 0.2) is 67.0 Å². The number of anilines is 1. The summed E-state index contributed by atoms with van der Waals surface area (Å²) in [7, 11) is 0. The van der Waals surface area contributed by atoms with Crippen LogP contribution in [0.4, 0.5) is 5.69 Å². The lowest BCUT2D eigenvalue weighted by molar-refractivity contribution is 0.0956. The minimum atomic E-state index is -0.181. The molecule has 6 heteroatoms. The summed E-state index contributed by atoms with van der Waals surface area (Å²) in [4.78, 5) is 22.5. The molecule has 4 aromatic rings. The Kier molecular flexibility index (Phi) is 4.33. The van der Waals surface area contributed by atoms with Gasteiger partial charge < -0.3 is 11.1 Å². The van der Waals surface area contributed by atoms with E-state index in [4.69, 9.17) is 5.73 Å². The maximum Gasteiger partial charge on any atom is 0.263 e. The number of carbonyl (C=O) groups is 1. The molecule has 128 valence electrons. The number of nitrogens with two attached hydrogens (primary N) is 1. The lowest BCUT2D eigenvalue weighted by atomic mass is 10.1. The second-order valence-electron chi connectivity index (χ2n) is 5.80. The molecule has 0 saturated carbocycles. The van der Waals surface area contributed by atoms with E-state index < -0.39 is 0 Å². The molecule has 4 rings (SSSR count). The first kappa shape index (κ1) is 16.2. The van der Waals surface area contributed by atoms with Crippen LogP contribution in [-0.2, 0) is 6.54 Å². The third kappa shape index (κ3) is 3.14. The van der Waals surface area contributed by atoms with Crippen molar-refractivity contribution in [1.29, 1.82) is 0 Å². The fourth-order valence-electron chi connectivity index (χ4n) is 2.71. The maximum atomic E-state index is 12.5. The van der Waals surface area contributed by atoms with E-state index in [1.54, 1.807) is 12.4 Å². The van der Waals surface area contributed by atoms with Crippen molar-refractivity contribution in [3.05, 3.63) is 77.4 Å². The number of fused-ring (bicyclic) bond motifs is 1. The molecule has 0 radical (unpaired) electrons. The zero-order valence-corrected chi connectivity index (χ0v) is 14.7. The van der Waals surface area contributed by atoms with Gasteiger partial charge in [0.1, 0.15) is 9.71 Å². The smallest absolute Gasteiger partial charge is 0.263 e. The fourth-order valence-corrected chi connectivity index (χ4v) is 3.72. The Morgan fingerprint density at radius 1 is 1.04 bits per heavy atom. The Labute approximate surface area is 154 Å². The number of amides is 1. The molecule has 26 heavy (non-hydrogen) atoms. The van der Waals surface area contributed by atoms with E-state index in [9.17, 15) is 4.79 Å². The van der Waals surface area contributed by atoms with E-state index in [0.29, 0.717) is 17.1 Å². The van der Waals surface area contributed by atoms with Gasteiger partial charge >= 0.3 is 0 Å². The van der Waals surface area contributed by atoms with Gasteiger partial charge in [0.05, 0.1) is 11.4 Å². The molecule has 0 aliphatic rings. The molecule has 3 N–H and O–H groups in total. The average molecular weight is 360 g/mol. The molecule has 0 bridgehead atoms. The van der Waals surface area contributed by atoms with Gasteiger partial charge in [0.25, 0.3) is 5.91 Å². The lowest BCUT2D eigenvalue weighted by Gasteiger charge is -2.04. The molecule has 0 spiro atoms. The molecule has 3 aromatic heterocycles. The summed E-state index contributed by atoms with van der Waals surface area (Å²) in [6.07, 6.45) is 3.46. The molecule has 0 fully saturated rings. The van der Waals surface area contributed by atoms with Crippen LogP contribution in [0.5, 0.6) is 0 Å². The maximum absolute atomic E-state index is 12.5. The molecule has 0 aliphatic heterocycles. The van der Waals surface area contributed by atoms with Gasteiger partial charge in [-0.05, 0) is 29.8 Å². The van der Waals surface area contributed by atoms with Gasteiger partial charge in [-0.15, -0.1) is 11.3 Å². The third-order valence-electron chi connectivity index (χ3n) is 4.07. The highest BCUT2D eigenvalue weighted by Gasteiger charge is 2.17. The van der Waals surface area contributed by atoms with Gasteiger partial charge in [-0.3, -0.25) is 9.78 Å². The van der Waals surface area contributed by atoms with Crippen molar-refractivity contribution in [2.45, 2.75) is 6.54 Å². The van der Waals surface area contributed by atoms with Gasteiger partial charge in [-0.2, -0.15) is 0 Å². The number of thiophene rings is 1. The normalized spacial score (nSPS) is 10.8. The predicted molar refractivity (Wildman–Crippen MR) is 105 cm³/mol. The Morgan fingerprint density at radius 3 is 2.58 bits per heavy atom. The van der Waals surface area contributed by atoms with Gasteiger partial charge in [0.15, 0.2) is 0 Å². The van der Waals surface area contributed by atoms with Crippen LogP contribution in [0.1, 0.15) is 15.2 Å². The molecule has 0 unspecified atom stereocenters. The van der Waals surface area contributed by atoms with Crippen LogP contribution in [0, 0.1) is 0 Å². The summed E-state index contributed by atoms with van der Waals surface area (Å²) in [5.74, 6) is -0.181. The number of pyridine rings is 2. The van der Waals surface area contributed by atoms with Crippen molar-refractivity contribution in [1.82, 2.24) is 15.3 Å². The van der Waals surface area contributed by atoms with E-state index in [-0.39, 0.29) is 5.91 Å². The Hall–Kier alpha value is -3.25. The molecule has 1 amide bonds.